The first-order valence-electron chi connectivity index (χ1n) is 8.76. The second kappa shape index (κ2) is 7.09. The number of imidazole rings is 1. The number of halogens is 1. The van der Waals surface area contributed by atoms with Gasteiger partial charge in [-0.3, -0.25) is 9.12 Å². The third-order valence-corrected chi connectivity index (χ3v) is 7.49. The Morgan fingerprint density at radius 3 is 3.00 bits per heavy atom. The lowest BCUT2D eigenvalue weighted by Crippen LogP contribution is -2.16. The van der Waals surface area contributed by atoms with Crippen LogP contribution < -0.4 is 4.72 Å². The van der Waals surface area contributed by atoms with E-state index < -0.39 is 10.0 Å². The first kappa shape index (κ1) is 18.7. The molecule has 0 spiro atoms. The summed E-state index contributed by atoms with van der Waals surface area (Å²) in [7, 11) is 0.300. The molecule has 0 radical (unpaired) electrons. The molecule has 4 rings (SSSR count). The highest BCUT2D eigenvalue weighted by Crippen LogP contribution is 2.37. The van der Waals surface area contributed by atoms with E-state index >= 15 is 0 Å². The number of anilines is 1. The molecule has 1 aliphatic rings. The normalized spacial score (nSPS) is 17.0. The number of fused-ring (bicyclic) bond motifs is 2. The zero-order valence-electron chi connectivity index (χ0n) is 15.1. The Balaban J connectivity index is 1.62. The molecule has 1 aliphatic carbocycles. The molecule has 1 unspecified atom stereocenters. The van der Waals surface area contributed by atoms with Gasteiger partial charge in [-0.1, -0.05) is 17.7 Å². The Kier molecular flexibility index (Phi) is 4.92. The summed E-state index contributed by atoms with van der Waals surface area (Å²) in [6, 6.07) is 5.82. The van der Waals surface area contributed by atoms with Crippen LogP contribution in [0.4, 0.5) is 5.69 Å². The van der Waals surface area contributed by atoms with Crippen molar-refractivity contribution in [3.05, 3.63) is 46.1 Å². The van der Waals surface area contributed by atoms with Gasteiger partial charge in [-0.05, 0) is 69.1 Å². The van der Waals surface area contributed by atoms with Crippen molar-refractivity contribution in [2.75, 3.05) is 25.4 Å². The lowest BCUT2D eigenvalue weighted by molar-refractivity contribution is 0.380. The molecule has 27 heavy (non-hydrogen) atoms. The maximum absolute atomic E-state index is 12.9. The van der Waals surface area contributed by atoms with E-state index in [0.29, 0.717) is 16.6 Å². The average molecular weight is 425 g/mol. The zero-order valence-corrected chi connectivity index (χ0v) is 17.5. The van der Waals surface area contributed by atoms with Crippen LogP contribution >= 0.6 is 22.9 Å². The van der Waals surface area contributed by atoms with Gasteiger partial charge in [-0.2, -0.15) is 8.42 Å². The smallest absolute Gasteiger partial charge is 0.281 e. The monoisotopic (exact) mass is 424 g/mol. The van der Waals surface area contributed by atoms with Crippen molar-refractivity contribution in [1.29, 1.82) is 0 Å². The van der Waals surface area contributed by atoms with E-state index in [-0.39, 0.29) is 10.2 Å². The summed E-state index contributed by atoms with van der Waals surface area (Å²) in [6.07, 6.45) is 4.89. The van der Waals surface area contributed by atoms with Gasteiger partial charge in [0.2, 0.25) is 0 Å². The molecule has 0 aliphatic heterocycles. The molecule has 1 aromatic carbocycles. The van der Waals surface area contributed by atoms with Crippen molar-refractivity contribution >= 4 is 43.6 Å². The van der Waals surface area contributed by atoms with Gasteiger partial charge in [0.1, 0.15) is 0 Å². The summed E-state index contributed by atoms with van der Waals surface area (Å²) < 4.78 is 30.0. The minimum atomic E-state index is -3.84. The molecule has 0 saturated carbocycles. The molecule has 2 heterocycles. The molecule has 0 amide bonds. The number of hydrogen-bond acceptors (Lipinski definition) is 5. The molecule has 1 N–H and O–H groups in total. The number of aromatic nitrogens is 2. The zero-order chi connectivity index (χ0) is 19.2. The van der Waals surface area contributed by atoms with Crippen LogP contribution in [0.5, 0.6) is 0 Å². The largest absolute Gasteiger partial charge is 0.309 e. The molecule has 6 nitrogen and oxygen atoms in total. The first-order valence-corrected chi connectivity index (χ1v) is 11.5. The molecule has 9 heteroatoms. The second-order valence-electron chi connectivity index (χ2n) is 7.11. The van der Waals surface area contributed by atoms with Crippen molar-refractivity contribution in [2.45, 2.75) is 30.2 Å². The Hall–Kier alpha value is -1.61. The average Bonchev–Trinajstić information content (AvgIpc) is 3.26. The highest BCUT2D eigenvalue weighted by molar-refractivity contribution is 7.92. The quantitative estimate of drug-likeness (QED) is 0.653. The SMILES string of the molecule is CN(C)CCC1CCc2ccc(NS(=O)(=O)c3c(Cl)nc4sccn34)cc21. The van der Waals surface area contributed by atoms with Crippen LogP contribution in [-0.2, 0) is 16.4 Å². The number of rotatable bonds is 6. The third-order valence-electron chi connectivity index (χ3n) is 4.96. The van der Waals surface area contributed by atoms with Gasteiger partial charge >= 0.3 is 0 Å². The van der Waals surface area contributed by atoms with E-state index in [4.69, 9.17) is 11.6 Å². The number of thiazole rings is 1. The van der Waals surface area contributed by atoms with Crippen LogP contribution in [0.1, 0.15) is 29.9 Å². The summed E-state index contributed by atoms with van der Waals surface area (Å²) in [4.78, 5) is 6.85. The molecule has 1 atom stereocenters. The predicted octanol–water partition coefficient (Wildman–Crippen LogP) is 3.83. The van der Waals surface area contributed by atoms with Crippen LogP contribution in [0.2, 0.25) is 5.15 Å². The molecule has 3 aromatic rings. The summed E-state index contributed by atoms with van der Waals surface area (Å²) in [5.74, 6) is 0.467. The number of benzene rings is 1. The summed E-state index contributed by atoms with van der Waals surface area (Å²) in [5.41, 5.74) is 3.12. The maximum atomic E-state index is 12.9. The van der Waals surface area contributed by atoms with E-state index in [1.807, 2.05) is 18.2 Å². The molecular weight excluding hydrogens is 404 g/mol. The third kappa shape index (κ3) is 3.59. The Morgan fingerprint density at radius 2 is 2.22 bits per heavy atom. The number of nitrogens with zero attached hydrogens (tertiary/aromatic N) is 3. The van der Waals surface area contributed by atoms with E-state index in [0.717, 1.165) is 25.8 Å². The van der Waals surface area contributed by atoms with E-state index in [1.165, 1.54) is 26.9 Å². The minimum absolute atomic E-state index is 0.0145. The number of aryl methyl sites for hydroxylation is 1. The van der Waals surface area contributed by atoms with E-state index in [9.17, 15) is 8.42 Å². The van der Waals surface area contributed by atoms with Gasteiger partial charge in [0.05, 0.1) is 0 Å². The highest BCUT2D eigenvalue weighted by Gasteiger charge is 2.27. The van der Waals surface area contributed by atoms with Crippen LogP contribution in [0.15, 0.2) is 34.8 Å². The number of sulfonamides is 1. The second-order valence-corrected chi connectivity index (χ2v) is 9.94. The fourth-order valence-corrected chi connectivity index (χ4v) is 6.15. The molecule has 0 fully saturated rings. The van der Waals surface area contributed by atoms with Crippen molar-refractivity contribution < 1.29 is 8.42 Å². The predicted molar refractivity (Wildman–Crippen MR) is 110 cm³/mol. The van der Waals surface area contributed by atoms with Gasteiger partial charge < -0.3 is 4.90 Å². The molecule has 144 valence electrons. The number of hydrogen-bond donors (Lipinski definition) is 1. The first-order chi connectivity index (χ1) is 12.8. The summed E-state index contributed by atoms with van der Waals surface area (Å²) in [6.45, 7) is 1.02. The summed E-state index contributed by atoms with van der Waals surface area (Å²) in [5, 5.41) is 1.74. The van der Waals surface area contributed by atoms with Gasteiger partial charge in [0, 0.05) is 17.3 Å². The van der Waals surface area contributed by atoms with E-state index in [2.05, 4.69) is 28.7 Å². The van der Waals surface area contributed by atoms with Gasteiger partial charge in [-0.15, -0.1) is 11.3 Å². The molecular formula is C18H21ClN4O2S2. The number of nitrogens with one attached hydrogen (secondary N) is 1. The maximum Gasteiger partial charge on any atom is 0.281 e. The van der Waals surface area contributed by atoms with Crippen LogP contribution in [0, 0.1) is 0 Å². The van der Waals surface area contributed by atoms with E-state index in [1.54, 1.807) is 11.6 Å². The Labute approximate surface area is 167 Å². The fourth-order valence-electron chi connectivity index (χ4n) is 3.65. The lowest BCUT2D eigenvalue weighted by atomic mass is 9.97. The van der Waals surface area contributed by atoms with Crippen LogP contribution in [0.3, 0.4) is 0 Å². The van der Waals surface area contributed by atoms with Gasteiger partial charge in [0.15, 0.2) is 15.1 Å². The van der Waals surface area contributed by atoms with Crippen LogP contribution in [0.25, 0.3) is 4.96 Å². The summed E-state index contributed by atoms with van der Waals surface area (Å²) >= 11 is 7.44. The molecule has 0 saturated heterocycles. The van der Waals surface area contributed by atoms with Crippen molar-refractivity contribution in [1.82, 2.24) is 14.3 Å². The lowest BCUT2D eigenvalue weighted by Gasteiger charge is -2.16. The van der Waals surface area contributed by atoms with Crippen molar-refractivity contribution in [3.63, 3.8) is 0 Å². The van der Waals surface area contributed by atoms with Gasteiger partial charge in [0.25, 0.3) is 10.0 Å². The van der Waals surface area contributed by atoms with Crippen molar-refractivity contribution in [3.8, 4) is 0 Å². The van der Waals surface area contributed by atoms with Gasteiger partial charge in [-0.25, -0.2) is 4.98 Å². The van der Waals surface area contributed by atoms with Crippen LogP contribution in [-0.4, -0.2) is 43.3 Å². The molecule has 0 bridgehead atoms. The minimum Gasteiger partial charge on any atom is -0.309 e. The Bertz CT molecular complexity index is 1090. The Morgan fingerprint density at radius 1 is 1.41 bits per heavy atom. The molecule has 2 aromatic heterocycles. The fraction of sp³-hybridized carbons (Fsp3) is 0.389. The standard InChI is InChI=1S/C18H21ClN4O2S2/c1-22(2)8-7-13-4-3-12-5-6-14(11-15(12)13)21-27(24,25)17-16(19)20-18-23(17)9-10-26-18/h5-6,9-11,13,21H,3-4,7-8H2,1-2H3. The highest BCUT2D eigenvalue weighted by atomic mass is 35.5. The van der Waals surface area contributed by atoms with Crippen molar-refractivity contribution in [2.24, 2.45) is 0 Å². The topological polar surface area (TPSA) is 66.7 Å².